The summed E-state index contributed by atoms with van der Waals surface area (Å²) in [4.78, 5) is -0.175. The maximum absolute atomic E-state index is 5.45. The molecule has 1 heterocycles. The number of nitrogens with two attached hydrogens (primary N) is 1. The minimum Gasteiger partial charge on any atom is -0.464 e. The minimum atomic E-state index is -0.175. The van der Waals surface area contributed by atoms with E-state index in [4.69, 9.17) is 10.2 Å². The Morgan fingerprint density at radius 3 is 2.56 bits per heavy atom. The molecule has 1 rings (SSSR count). The largest absolute Gasteiger partial charge is 0.464 e. The summed E-state index contributed by atoms with van der Waals surface area (Å²) in [5, 5.41) is 0. The first-order valence-corrected chi connectivity index (χ1v) is 3.57. The lowest BCUT2D eigenvalue weighted by molar-refractivity contribution is 0.484. The van der Waals surface area contributed by atoms with E-state index in [2.05, 4.69) is 15.9 Å². The summed E-state index contributed by atoms with van der Waals surface area (Å²) in [5.41, 5.74) is 5.45. The van der Waals surface area contributed by atoms with E-state index in [1.54, 1.807) is 0 Å². The lowest BCUT2D eigenvalue weighted by Gasteiger charge is -1.94. The molecule has 0 saturated carbocycles. The van der Waals surface area contributed by atoms with E-state index >= 15 is 0 Å². The average molecular weight is 190 g/mol. The second-order valence-electron chi connectivity index (χ2n) is 1.85. The van der Waals surface area contributed by atoms with Crippen LogP contribution in [0.4, 0.5) is 0 Å². The van der Waals surface area contributed by atoms with E-state index in [0.29, 0.717) is 0 Å². The summed E-state index contributed by atoms with van der Waals surface area (Å²) in [5.74, 6) is 1.66. The van der Waals surface area contributed by atoms with Crippen molar-refractivity contribution in [3.63, 3.8) is 0 Å². The van der Waals surface area contributed by atoms with Crippen LogP contribution in [0, 0.1) is 6.92 Å². The molecule has 2 N–H and O–H groups in total. The van der Waals surface area contributed by atoms with Crippen molar-refractivity contribution >= 4 is 15.9 Å². The second kappa shape index (κ2) is 2.54. The van der Waals surface area contributed by atoms with E-state index in [1.165, 1.54) is 0 Å². The van der Waals surface area contributed by atoms with Crippen molar-refractivity contribution in [1.29, 1.82) is 0 Å². The Labute approximate surface area is 62.2 Å². The fourth-order valence-electron chi connectivity index (χ4n) is 0.602. The zero-order chi connectivity index (χ0) is 6.85. The lowest BCUT2D eigenvalue weighted by atomic mass is 10.4. The molecule has 1 aromatic rings. The quantitative estimate of drug-likeness (QED) is 0.542. The maximum Gasteiger partial charge on any atom is 0.131 e. The van der Waals surface area contributed by atoms with Crippen LogP contribution < -0.4 is 5.73 Å². The van der Waals surface area contributed by atoms with Crippen LogP contribution in [0.3, 0.4) is 0 Å². The summed E-state index contributed by atoms with van der Waals surface area (Å²) in [6.45, 7) is 1.89. The number of furan rings is 1. The lowest BCUT2D eigenvalue weighted by Crippen LogP contribution is -1.98. The summed E-state index contributed by atoms with van der Waals surface area (Å²) in [6, 6.07) is 3.74. The average Bonchev–Trinajstić information content (AvgIpc) is 2.14. The molecule has 0 aliphatic heterocycles. The molecule has 0 bridgehead atoms. The Morgan fingerprint density at radius 1 is 1.67 bits per heavy atom. The van der Waals surface area contributed by atoms with Gasteiger partial charge in [-0.1, -0.05) is 15.9 Å². The molecule has 9 heavy (non-hydrogen) atoms. The van der Waals surface area contributed by atoms with Gasteiger partial charge >= 0.3 is 0 Å². The first-order chi connectivity index (χ1) is 4.20. The molecule has 0 fully saturated rings. The van der Waals surface area contributed by atoms with Crippen LogP contribution in [0.2, 0.25) is 0 Å². The third-order valence-corrected chi connectivity index (χ3v) is 1.48. The molecule has 0 aliphatic rings. The van der Waals surface area contributed by atoms with Gasteiger partial charge in [-0.25, -0.2) is 0 Å². The molecule has 0 spiro atoms. The van der Waals surface area contributed by atoms with Crippen molar-refractivity contribution in [2.24, 2.45) is 5.73 Å². The molecule has 0 radical (unpaired) electrons. The highest BCUT2D eigenvalue weighted by atomic mass is 79.9. The van der Waals surface area contributed by atoms with Crippen LogP contribution in [-0.2, 0) is 0 Å². The van der Waals surface area contributed by atoms with E-state index in [9.17, 15) is 0 Å². The molecular formula is C6H8BrNO. The van der Waals surface area contributed by atoms with Crippen LogP contribution in [0.1, 0.15) is 16.5 Å². The van der Waals surface area contributed by atoms with Crippen molar-refractivity contribution in [3.05, 3.63) is 23.7 Å². The van der Waals surface area contributed by atoms with Gasteiger partial charge in [0.2, 0.25) is 0 Å². The number of hydrogen-bond donors (Lipinski definition) is 1. The monoisotopic (exact) mass is 189 g/mol. The SMILES string of the molecule is Cc1ccc(C(N)Br)o1. The van der Waals surface area contributed by atoms with Crippen molar-refractivity contribution in [2.75, 3.05) is 0 Å². The summed E-state index contributed by atoms with van der Waals surface area (Å²) in [7, 11) is 0. The third-order valence-electron chi connectivity index (χ3n) is 1.03. The topological polar surface area (TPSA) is 39.2 Å². The Balaban J connectivity index is 2.85. The standard InChI is InChI=1S/C6H8BrNO/c1-4-2-3-5(9-4)6(7)8/h2-3,6H,8H2,1H3. The Hall–Kier alpha value is -0.280. The van der Waals surface area contributed by atoms with E-state index in [0.717, 1.165) is 11.5 Å². The highest BCUT2D eigenvalue weighted by Gasteiger charge is 2.03. The summed E-state index contributed by atoms with van der Waals surface area (Å²) < 4.78 is 5.17. The van der Waals surface area contributed by atoms with Gasteiger partial charge in [0, 0.05) is 0 Å². The number of rotatable bonds is 1. The van der Waals surface area contributed by atoms with Crippen LogP contribution in [-0.4, -0.2) is 0 Å². The van der Waals surface area contributed by atoms with Gasteiger partial charge in [0.15, 0.2) is 0 Å². The molecule has 50 valence electrons. The maximum atomic E-state index is 5.45. The van der Waals surface area contributed by atoms with Gasteiger partial charge in [-0.2, -0.15) is 0 Å². The molecular weight excluding hydrogens is 182 g/mol. The Bertz CT molecular complexity index is 195. The number of halogens is 1. The van der Waals surface area contributed by atoms with E-state index < -0.39 is 0 Å². The molecule has 1 aromatic heterocycles. The number of aryl methyl sites for hydroxylation is 1. The van der Waals surface area contributed by atoms with Crippen LogP contribution in [0.5, 0.6) is 0 Å². The molecule has 0 saturated heterocycles. The first kappa shape index (κ1) is 6.83. The number of hydrogen-bond acceptors (Lipinski definition) is 2. The third kappa shape index (κ3) is 1.56. The molecule has 0 aliphatic carbocycles. The minimum absolute atomic E-state index is 0.175. The predicted molar refractivity (Wildman–Crippen MR) is 39.3 cm³/mol. The molecule has 2 nitrogen and oxygen atoms in total. The predicted octanol–water partition coefficient (Wildman–Crippen LogP) is 1.94. The van der Waals surface area contributed by atoms with Crippen molar-refractivity contribution in [2.45, 2.75) is 11.9 Å². The zero-order valence-electron chi connectivity index (χ0n) is 5.10. The van der Waals surface area contributed by atoms with Crippen molar-refractivity contribution in [3.8, 4) is 0 Å². The van der Waals surface area contributed by atoms with Crippen LogP contribution in [0.25, 0.3) is 0 Å². The Kier molecular flexibility index (Phi) is 1.93. The summed E-state index contributed by atoms with van der Waals surface area (Å²) in [6.07, 6.45) is 0. The van der Waals surface area contributed by atoms with Crippen LogP contribution >= 0.6 is 15.9 Å². The first-order valence-electron chi connectivity index (χ1n) is 2.66. The van der Waals surface area contributed by atoms with Gasteiger partial charge in [0.1, 0.15) is 16.5 Å². The zero-order valence-corrected chi connectivity index (χ0v) is 6.68. The van der Waals surface area contributed by atoms with Gasteiger partial charge in [-0.15, -0.1) is 0 Å². The molecule has 0 amide bonds. The highest BCUT2D eigenvalue weighted by Crippen LogP contribution is 2.18. The normalized spacial score (nSPS) is 13.7. The van der Waals surface area contributed by atoms with Gasteiger partial charge in [0.25, 0.3) is 0 Å². The van der Waals surface area contributed by atoms with E-state index in [1.807, 2.05) is 19.1 Å². The van der Waals surface area contributed by atoms with Gasteiger partial charge in [-0.3, -0.25) is 0 Å². The smallest absolute Gasteiger partial charge is 0.131 e. The second-order valence-corrected chi connectivity index (χ2v) is 2.84. The van der Waals surface area contributed by atoms with E-state index in [-0.39, 0.29) is 4.95 Å². The fraction of sp³-hybridized carbons (Fsp3) is 0.333. The summed E-state index contributed by atoms with van der Waals surface area (Å²) >= 11 is 3.18. The molecule has 1 unspecified atom stereocenters. The molecule has 3 heteroatoms. The van der Waals surface area contributed by atoms with Crippen molar-refractivity contribution < 1.29 is 4.42 Å². The highest BCUT2D eigenvalue weighted by molar-refractivity contribution is 9.09. The van der Waals surface area contributed by atoms with Crippen LogP contribution in [0.15, 0.2) is 16.5 Å². The van der Waals surface area contributed by atoms with Gasteiger partial charge < -0.3 is 10.2 Å². The molecule has 1 atom stereocenters. The van der Waals surface area contributed by atoms with Gasteiger partial charge in [-0.05, 0) is 19.1 Å². The fourth-order valence-corrected chi connectivity index (χ4v) is 0.848. The molecule has 0 aromatic carbocycles. The van der Waals surface area contributed by atoms with Gasteiger partial charge in [0.05, 0.1) is 0 Å². The van der Waals surface area contributed by atoms with Crippen molar-refractivity contribution in [1.82, 2.24) is 0 Å². The Morgan fingerprint density at radius 2 is 2.33 bits per heavy atom. The number of alkyl halides is 1.